The average molecular weight is 600 g/mol. The summed E-state index contributed by atoms with van der Waals surface area (Å²) in [6.45, 7) is 3.81. The number of nitrogens with one attached hydrogen (secondary N) is 1. The zero-order valence-electron chi connectivity index (χ0n) is 22.6. The van der Waals surface area contributed by atoms with Gasteiger partial charge in [-0.15, -0.1) is 0 Å². The first-order valence-corrected chi connectivity index (χ1v) is 14.6. The predicted octanol–water partition coefficient (Wildman–Crippen LogP) is 6.91. The number of aliphatic hydroxyl groups excluding tert-OH is 1. The normalized spacial score (nSPS) is 16.5. The lowest BCUT2D eigenvalue weighted by atomic mass is 9.71. The standard InChI is InChI=1S/C31H29ClF3N3O2S/c1-18-14-20(5-10-24(18)32)31(2)11-3-4-27-28(31)38(22-8-6-21(33)7-9-22)30(37-27)41-17-23-25(34)15-19(16-26(23)35)29(40)36-12-13-39/h5-10,14-16,39H,3-4,11-13,17H2,1-2H3,(H,36,40). The molecule has 1 unspecified atom stereocenters. The molecule has 41 heavy (non-hydrogen) atoms. The fourth-order valence-corrected chi connectivity index (χ4v) is 6.55. The maximum Gasteiger partial charge on any atom is 0.251 e. The van der Waals surface area contributed by atoms with Crippen LogP contribution in [0.15, 0.2) is 59.8 Å². The number of amides is 1. The maximum atomic E-state index is 15.0. The third-order valence-electron chi connectivity index (χ3n) is 7.56. The van der Waals surface area contributed by atoms with Crippen LogP contribution in [0.25, 0.3) is 5.69 Å². The molecule has 2 N–H and O–H groups in total. The molecule has 0 saturated carbocycles. The van der Waals surface area contributed by atoms with Gasteiger partial charge in [-0.25, -0.2) is 18.2 Å². The molecule has 0 bridgehead atoms. The molecule has 1 heterocycles. The van der Waals surface area contributed by atoms with Gasteiger partial charge >= 0.3 is 0 Å². The summed E-state index contributed by atoms with van der Waals surface area (Å²) >= 11 is 7.51. The van der Waals surface area contributed by atoms with Crippen molar-refractivity contribution >= 4 is 29.3 Å². The maximum absolute atomic E-state index is 15.0. The largest absolute Gasteiger partial charge is 0.395 e. The van der Waals surface area contributed by atoms with E-state index < -0.39 is 23.0 Å². The average Bonchev–Trinajstić information content (AvgIpc) is 3.33. The van der Waals surface area contributed by atoms with Crippen molar-refractivity contribution in [1.29, 1.82) is 0 Å². The topological polar surface area (TPSA) is 67.2 Å². The second-order valence-electron chi connectivity index (χ2n) is 10.3. The van der Waals surface area contributed by atoms with Crippen LogP contribution in [0, 0.1) is 24.4 Å². The van der Waals surface area contributed by atoms with Crippen molar-refractivity contribution in [3.05, 3.63) is 111 Å². The highest BCUT2D eigenvalue weighted by Gasteiger charge is 2.39. The Hall–Kier alpha value is -3.27. The van der Waals surface area contributed by atoms with Gasteiger partial charge in [0.1, 0.15) is 17.5 Å². The molecule has 10 heteroatoms. The van der Waals surface area contributed by atoms with Gasteiger partial charge in [0.25, 0.3) is 5.91 Å². The van der Waals surface area contributed by atoms with E-state index in [1.165, 1.54) is 23.9 Å². The van der Waals surface area contributed by atoms with E-state index in [-0.39, 0.29) is 35.8 Å². The number of carbonyl (C=O) groups is 1. The molecule has 5 rings (SSSR count). The van der Waals surface area contributed by atoms with Gasteiger partial charge in [0.05, 0.1) is 18.0 Å². The number of imidazole rings is 1. The highest BCUT2D eigenvalue weighted by molar-refractivity contribution is 7.98. The molecular weight excluding hydrogens is 571 g/mol. The molecule has 1 amide bonds. The third-order valence-corrected chi connectivity index (χ3v) is 8.95. The quantitative estimate of drug-likeness (QED) is 0.216. The highest BCUT2D eigenvalue weighted by Crippen LogP contribution is 2.46. The van der Waals surface area contributed by atoms with Crippen LogP contribution in [0.5, 0.6) is 0 Å². The second-order valence-corrected chi connectivity index (χ2v) is 11.7. The Balaban J connectivity index is 1.56. The minimum atomic E-state index is -0.849. The van der Waals surface area contributed by atoms with Gasteiger partial charge in [-0.1, -0.05) is 35.5 Å². The SMILES string of the molecule is Cc1cc(C2(C)CCCc3nc(SCc4c(F)cc(C(=O)NCCO)cc4F)n(-c4ccc(F)cc4)c32)ccc1Cl. The van der Waals surface area contributed by atoms with Crippen molar-refractivity contribution in [3.8, 4) is 5.69 Å². The summed E-state index contributed by atoms with van der Waals surface area (Å²) in [5, 5.41) is 12.5. The smallest absolute Gasteiger partial charge is 0.251 e. The summed E-state index contributed by atoms with van der Waals surface area (Å²) in [4.78, 5) is 17.1. The first kappa shape index (κ1) is 29.2. The van der Waals surface area contributed by atoms with Crippen molar-refractivity contribution < 1.29 is 23.1 Å². The molecule has 3 aromatic carbocycles. The summed E-state index contributed by atoms with van der Waals surface area (Å²) in [5.74, 6) is -2.83. The van der Waals surface area contributed by atoms with Gasteiger partial charge in [-0.2, -0.15) is 0 Å². The summed E-state index contributed by atoms with van der Waals surface area (Å²) in [6.07, 6.45) is 2.49. The Bertz CT molecular complexity index is 1590. The fourth-order valence-electron chi connectivity index (χ4n) is 5.39. The Kier molecular flexibility index (Phi) is 8.50. The van der Waals surface area contributed by atoms with Gasteiger partial charge in [0.15, 0.2) is 5.16 Å². The van der Waals surface area contributed by atoms with Crippen molar-refractivity contribution in [1.82, 2.24) is 14.9 Å². The monoisotopic (exact) mass is 599 g/mol. The lowest BCUT2D eigenvalue weighted by molar-refractivity contribution is 0.0943. The number of benzene rings is 3. The Morgan fingerprint density at radius 1 is 1.12 bits per heavy atom. The first-order chi connectivity index (χ1) is 19.6. The van der Waals surface area contributed by atoms with Gasteiger partial charge in [0.2, 0.25) is 0 Å². The number of hydrogen-bond acceptors (Lipinski definition) is 4. The fraction of sp³-hybridized carbons (Fsp3) is 0.290. The number of fused-ring (bicyclic) bond motifs is 1. The molecule has 5 nitrogen and oxygen atoms in total. The van der Waals surface area contributed by atoms with E-state index in [1.54, 1.807) is 12.1 Å². The van der Waals surface area contributed by atoms with E-state index >= 15 is 8.78 Å². The van der Waals surface area contributed by atoms with Crippen LogP contribution in [0.1, 0.15) is 58.2 Å². The minimum absolute atomic E-state index is 0.0229. The molecule has 0 spiro atoms. The predicted molar refractivity (Wildman–Crippen MR) is 154 cm³/mol. The number of nitrogens with zero attached hydrogens (tertiary/aromatic N) is 2. The van der Waals surface area contributed by atoms with Crippen LogP contribution in [-0.2, 0) is 17.6 Å². The van der Waals surface area contributed by atoms with Crippen LogP contribution in [0.2, 0.25) is 5.02 Å². The number of thioether (sulfide) groups is 1. The number of halogens is 4. The van der Waals surface area contributed by atoms with E-state index in [0.29, 0.717) is 15.9 Å². The van der Waals surface area contributed by atoms with E-state index in [2.05, 4.69) is 18.3 Å². The number of aromatic nitrogens is 2. The molecule has 1 aliphatic rings. The summed E-state index contributed by atoms with van der Waals surface area (Å²) in [5.41, 5.74) is 3.77. The molecule has 0 radical (unpaired) electrons. The molecule has 1 aromatic heterocycles. The lowest BCUT2D eigenvalue weighted by Crippen LogP contribution is -2.31. The molecule has 0 saturated heterocycles. The summed E-state index contributed by atoms with van der Waals surface area (Å²) in [6, 6.07) is 14.1. The minimum Gasteiger partial charge on any atom is -0.395 e. The van der Waals surface area contributed by atoms with Gasteiger partial charge < -0.3 is 10.4 Å². The number of rotatable bonds is 8. The Labute approximate surface area is 245 Å². The van der Waals surface area contributed by atoms with Crippen molar-refractivity contribution in [3.63, 3.8) is 0 Å². The number of aryl methyl sites for hydroxylation is 2. The van der Waals surface area contributed by atoms with E-state index in [4.69, 9.17) is 21.7 Å². The molecule has 1 atom stereocenters. The molecule has 0 fully saturated rings. The van der Waals surface area contributed by atoms with E-state index in [9.17, 15) is 9.18 Å². The van der Waals surface area contributed by atoms with Crippen molar-refractivity contribution in [2.45, 2.75) is 49.4 Å². The number of hydrogen-bond donors (Lipinski definition) is 2. The van der Waals surface area contributed by atoms with Crippen molar-refractivity contribution in [2.75, 3.05) is 13.2 Å². The van der Waals surface area contributed by atoms with Crippen LogP contribution in [0.4, 0.5) is 13.2 Å². The van der Waals surface area contributed by atoms with Crippen LogP contribution in [0.3, 0.4) is 0 Å². The third kappa shape index (κ3) is 5.76. The van der Waals surface area contributed by atoms with E-state index in [1.807, 2.05) is 23.6 Å². The van der Waals surface area contributed by atoms with Gasteiger partial charge in [0, 0.05) is 39.5 Å². The first-order valence-electron chi connectivity index (χ1n) is 13.3. The zero-order valence-corrected chi connectivity index (χ0v) is 24.2. The highest BCUT2D eigenvalue weighted by atomic mass is 35.5. The number of aliphatic hydroxyl groups is 1. The molecule has 4 aromatic rings. The Morgan fingerprint density at radius 3 is 2.49 bits per heavy atom. The Morgan fingerprint density at radius 2 is 1.83 bits per heavy atom. The molecule has 1 aliphatic carbocycles. The van der Waals surface area contributed by atoms with Crippen LogP contribution >= 0.6 is 23.4 Å². The second kappa shape index (κ2) is 11.9. The summed E-state index contributed by atoms with van der Waals surface area (Å²) < 4.78 is 46.0. The summed E-state index contributed by atoms with van der Waals surface area (Å²) in [7, 11) is 0. The molecular formula is C31H29ClF3N3O2S. The van der Waals surface area contributed by atoms with Crippen LogP contribution < -0.4 is 5.32 Å². The molecule has 214 valence electrons. The van der Waals surface area contributed by atoms with E-state index in [0.717, 1.165) is 53.9 Å². The van der Waals surface area contributed by atoms with Gasteiger partial charge in [-0.05, 0) is 86.7 Å². The van der Waals surface area contributed by atoms with Crippen molar-refractivity contribution in [2.24, 2.45) is 0 Å². The lowest BCUT2D eigenvalue weighted by Gasteiger charge is -2.36. The van der Waals surface area contributed by atoms with Gasteiger partial charge in [-0.3, -0.25) is 9.36 Å². The molecule has 0 aliphatic heterocycles. The number of carbonyl (C=O) groups excluding carboxylic acids is 1. The zero-order chi connectivity index (χ0) is 29.3. The van der Waals surface area contributed by atoms with Crippen LogP contribution in [-0.4, -0.2) is 33.7 Å².